The van der Waals surface area contributed by atoms with E-state index in [2.05, 4.69) is 34.0 Å². The zero-order chi connectivity index (χ0) is 13.7. The molecule has 1 aliphatic heterocycles. The van der Waals surface area contributed by atoms with E-state index in [1.54, 1.807) is 6.20 Å². The SMILES string of the molecule is CCCOc1cncc(N2CCC(C)(CNC)C2)n1. The number of aromatic nitrogens is 2. The zero-order valence-corrected chi connectivity index (χ0v) is 12.1. The van der Waals surface area contributed by atoms with Crippen LogP contribution in [-0.4, -0.2) is 43.3 Å². The van der Waals surface area contributed by atoms with Gasteiger partial charge in [0, 0.05) is 19.6 Å². The van der Waals surface area contributed by atoms with E-state index in [1.807, 2.05) is 13.2 Å². The predicted molar refractivity (Wildman–Crippen MR) is 76.7 cm³/mol. The molecule has 1 N–H and O–H groups in total. The van der Waals surface area contributed by atoms with Crippen LogP contribution in [0.3, 0.4) is 0 Å². The van der Waals surface area contributed by atoms with Crippen LogP contribution in [0.5, 0.6) is 5.88 Å². The van der Waals surface area contributed by atoms with Gasteiger partial charge in [0.2, 0.25) is 5.88 Å². The number of nitrogens with one attached hydrogen (secondary N) is 1. The van der Waals surface area contributed by atoms with E-state index in [-0.39, 0.29) is 0 Å². The van der Waals surface area contributed by atoms with E-state index in [9.17, 15) is 0 Å². The van der Waals surface area contributed by atoms with Gasteiger partial charge in [-0.15, -0.1) is 0 Å². The summed E-state index contributed by atoms with van der Waals surface area (Å²) in [5, 5.41) is 3.27. The molecular weight excluding hydrogens is 240 g/mol. The molecule has 5 heteroatoms. The minimum absolute atomic E-state index is 0.316. The molecule has 0 aliphatic carbocycles. The minimum Gasteiger partial charge on any atom is -0.477 e. The number of rotatable bonds is 6. The summed E-state index contributed by atoms with van der Waals surface area (Å²) in [5.74, 6) is 1.55. The number of nitrogens with zero attached hydrogens (tertiary/aromatic N) is 3. The van der Waals surface area contributed by atoms with Crippen LogP contribution in [-0.2, 0) is 0 Å². The maximum absolute atomic E-state index is 5.54. The van der Waals surface area contributed by atoms with Crippen molar-refractivity contribution in [3.63, 3.8) is 0 Å². The molecule has 2 rings (SSSR count). The summed E-state index contributed by atoms with van der Waals surface area (Å²) in [6.07, 6.45) is 5.66. The van der Waals surface area contributed by atoms with E-state index in [4.69, 9.17) is 4.74 Å². The van der Waals surface area contributed by atoms with E-state index < -0.39 is 0 Å². The molecule has 0 amide bonds. The van der Waals surface area contributed by atoms with E-state index >= 15 is 0 Å². The van der Waals surface area contributed by atoms with Gasteiger partial charge in [-0.05, 0) is 25.3 Å². The highest BCUT2D eigenvalue weighted by atomic mass is 16.5. The fraction of sp³-hybridized carbons (Fsp3) is 0.714. The van der Waals surface area contributed by atoms with Gasteiger partial charge in [0.05, 0.1) is 19.0 Å². The summed E-state index contributed by atoms with van der Waals surface area (Å²) >= 11 is 0. The molecule has 0 aromatic carbocycles. The van der Waals surface area contributed by atoms with Gasteiger partial charge >= 0.3 is 0 Å². The first-order valence-electron chi connectivity index (χ1n) is 7.01. The maximum atomic E-state index is 5.54. The van der Waals surface area contributed by atoms with Crippen LogP contribution in [0.1, 0.15) is 26.7 Å². The van der Waals surface area contributed by atoms with Gasteiger partial charge < -0.3 is 15.0 Å². The van der Waals surface area contributed by atoms with Crippen LogP contribution in [0.15, 0.2) is 12.4 Å². The summed E-state index contributed by atoms with van der Waals surface area (Å²) in [6.45, 7) is 8.16. The highest BCUT2D eigenvalue weighted by Crippen LogP contribution is 2.31. The molecule has 1 atom stereocenters. The molecule has 106 valence electrons. The lowest BCUT2D eigenvalue weighted by atomic mass is 9.90. The van der Waals surface area contributed by atoms with E-state index in [0.29, 0.717) is 17.9 Å². The minimum atomic E-state index is 0.316. The fourth-order valence-electron chi connectivity index (χ4n) is 2.56. The Morgan fingerprint density at radius 1 is 1.47 bits per heavy atom. The topological polar surface area (TPSA) is 50.3 Å². The van der Waals surface area contributed by atoms with Gasteiger partial charge in [-0.1, -0.05) is 13.8 Å². The van der Waals surface area contributed by atoms with Gasteiger partial charge in [-0.3, -0.25) is 4.98 Å². The van der Waals surface area contributed by atoms with E-state index in [1.165, 1.54) is 6.42 Å². The number of hydrogen-bond donors (Lipinski definition) is 1. The van der Waals surface area contributed by atoms with Gasteiger partial charge in [-0.2, -0.15) is 4.98 Å². The third-order valence-electron chi connectivity index (χ3n) is 3.54. The van der Waals surface area contributed by atoms with Crippen molar-refractivity contribution in [1.29, 1.82) is 0 Å². The van der Waals surface area contributed by atoms with Crippen molar-refractivity contribution in [2.24, 2.45) is 5.41 Å². The predicted octanol–water partition coefficient (Wildman–Crippen LogP) is 1.70. The summed E-state index contributed by atoms with van der Waals surface area (Å²) in [7, 11) is 2.01. The quantitative estimate of drug-likeness (QED) is 0.847. The summed E-state index contributed by atoms with van der Waals surface area (Å²) in [4.78, 5) is 11.1. The lowest BCUT2D eigenvalue weighted by Gasteiger charge is -2.24. The molecule has 1 aromatic rings. The molecule has 5 nitrogen and oxygen atoms in total. The van der Waals surface area contributed by atoms with Crippen LogP contribution >= 0.6 is 0 Å². The van der Waals surface area contributed by atoms with Crippen molar-refractivity contribution in [2.45, 2.75) is 26.7 Å². The van der Waals surface area contributed by atoms with Crippen molar-refractivity contribution in [3.05, 3.63) is 12.4 Å². The van der Waals surface area contributed by atoms with Gasteiger partial charge in [0.1, 0.15) is 0 Å². The Hall–Kier alpha value is -1.36. The molecule has 0 spiro atoms. The zero-order valence-electron chi connectivity index (χ0n) is 12.1. The van der Waals surface area contributed by atoms with Gasteiger partial charge in [0.25, 0.3) is 0 Å². The van der Waals surface area contributed by atoms with Crippen molar-refractivity contribution in [2.75, 3.05) is 38.2 Å². The van der Waals surface area contributed by atoms with Crippen LogP contribution in [0, 0.1) is 5.41 Å². The van der Waals surface area contributed by atoms with Crippen molar-refractivity contribution in [1.82, 2.24) is 15.3 Å². The van der Waals surface area contributed by atoms with Crippen LogP contribution in [0.25, 0.3) is 0 Å². The number of ether oxygens (including phenoxy) is 1. The molecule has 1 unspecified atom stereocenters. The third-order valence-corrected chi connectivity index (χ3v) is 3.54. The normalized spacial score (nSPS) is 22.8. The number of hydrogen-bond acceptors (Lipinski definition) is 5. The summed E-state index contributed by atoms with van der Waals surface area (Å²) < 4.78 is 5.54. The molecule has 19 heavy (non-hydrogen) atoms. The first-order valence-corrected chi connectivity index (χ1v) is 7.01. The largest absolute Gasteiger partial charge is 0.477 e. The van der Waals surface area contributed by atoms with E-state index in [0.717, 1.165) is 31.9 Å². The van der Waals surface area contributed by atoms with Crippen molar-refractivity contribution in [3.8, 4) is 5.88 Å². The monoisotopic (exact) mass is 264 g/mol. The molecule has 1 aliphatic rings. The molecule has 2 heterocycles. The van der Waals surface area contributed by atoms with Gasteiger partial charge in [-0.25, -0.2) is 0 Å². The second kappa shape index (κ2) is 6.19. The second-order valence-electron chi connectivity index (χ2n) is 5.58. The highest BCUT2D eigenvalue weighted by Gasteiger charge is 2.33. The lowest BCUT2D eigenvalue weighted by molar-refractivity contribution is 0.304. The standard InChI is InChI=1S/C14H24N4O/c1-4-7-19-13-9-16-8-12(17-13)18-6-5-14(2,11-18)10-15-3/h8-9,15H,4-7,10-11H2,1-3H3. The molecule has 0 saturated carbocycles. The van der Waals surface area contributed by atoms with Gasteiger partial charge in [0.15, 0.2) is 5.82 Å². The maximum Gasteiger partial charge on any atom is 0.234 e. The molecule has 1 saturated heterocycles. The first kappa shape index (κ1) is 14.1. The third kappa shape index (κ3) is 3.56. The first-order chi connectivity index (χ1) is 9.17. The molecule has 1 fully saturated rings. The Balaban J connectivity index is 2.02. The molecular formula is C14H24N4O. The molecule has 0 radical (unpaired) electrons. The Morgan fingerprint density at radius 2 is 2.32 bits per heavy atom. The van der Waals surface area contributed by atoms with Crippen molar-refractivity contribution >= 4 is 5.82 Å². The van der Waals surface area contributed by atoms with Crippen LogP contribution in [0.2, 0.25) is 0 Å². The Kier molecular flexibility index (Phi) is 4.58. The Labute approximate surface area is 115 Å². The highest BCUT2D eigenvalue weighted by molar-refractivity contribution is 5.39. The molecule has 1 aromatic heterocycles. The van der Waals surface area contributed by atoms with Crippen LogP contribution < -0.4 is 15.0 Å². The Bertz CT molecular complexity index is 412. The molecule has 0 bridgehead atoms. The fourth-order valence-corrected chi connectivity index (χ4v) is 2.56. The summed E-state index contributed by atoms with van der Waals surface area (Å²) in [5.41, 5.74) is 0.316. The average molecular weight is 264 g/mol. The number of anilines is 1. The smallest absolute Gasteiger partial charge is 0.234 e. The second-order valence-corrected chi connectivity index (χ2v) is 5.58. The average Bonchev–Trinajstić information content (AvgIpc) is 2.80. The summed E-state index contributed by atoms with van der Waals surface area (Å²) in [6, 6.07) is 0. The van der Waals surface area contributed by atoms with Crippen LogP contribution in [0.4, 0.5) is 5.82 Å². The lowest BCUT2D eigenvalue weighted by Crippen LogP contribution is -2.33. The van der Waals surface area contributed by atoms with Crippen molar-refractivity contribution < 1.29 is 4.74 Å². The Morgan fingerprint density at radius 3 is 3.05 bits per heavy atom.